The Morgan fingerprint density at radius 1 is 1.00 bits per heavy atom. The molecule has 2 rings (SSSR count). The van der Waals surface area contributed by atoms with Crippen molar-refractivity contribution in [1.82, 2.24) is 0 Å². The predicted octanol–water partition coefficient (Wildman–Crippen LogP) is 4.65. The van der Waals surface area contributed by atoms with Gasteiger partial charge in [0.15, 0.2) is 0 Å². The van der Waals surface area contributed by atoms with Crippen LogP contribution in [0.25, 0.3) is 0 Å². The molecule has 0 unspecified atom stereocenters. The number of nitrogens with one attached hydrogen (secondary N) is 2. The summed E-state index contributed by atoms with van der Waals surface area (Å²) < 4.78 is 5.15. The number of carbonyl (C=O) groups excluding carboxylic acids is 1. The molecule has 0 fully saturated rings. The second-order valence-corrected chi connectivity index (χ2v) is 4.69. The molecule has 0 spiro atoms. The molecule has 2 aromatic carbocycles. The maximum absolute atomic E-state index is 12.0. The maximum Gasteiger partial charge on any atom is 0.323 e. The minimum atomic E-state index is -0.454. The van der Waals surface area contributed by atoms with Gasteiger partial charge in [-0.1, -0.05) is 41.4 Å². The van der Waals surface area contributed by atoms with Crippen molar-refractivity contribution in [3.63, 3.8) is 0 Å². The fraction of sp³-hybridized carbons (Fsp3) is 0.0714. The summed E-state index contributed by atoms with van der Waals surface area (Å²) in [4.78, 5) is 12.0. The zero-order valence-electron chi connectivity index (χ0n) is 10.6. The lowest BCUT2D eigenvalue weighted by Crippen LogP contribution is -2.20. The summed E-state index contributed by atoms with van der Waals surface area (Å²) in [5.41, 5.74) is 0.916. The number of ether oxygens (including phenoxy) is 1. The third-order valence-corrected chi connectivity index (χ3v) is 3.19. The van der Waals surface area contributed by atoms with Gasteiger partial charge in [0.2, 0.25) is 0 Å². The van der Waals surface area contributed by atoms with Gasteiger partial charge in [0, 0.05) is 0 Å². The van der Waals surface area contributed by atoms with Crippen LogP contribution in [0.3, 0.4) is 0 Å². The number of halogens is 2. The first-order valence-electron chi connectivity index (χ1n) is 5.77. The van der Waals surface area contributed by atoms with Gasteiger partial charge in [-0.05, 0) is 24.3 Å². The number of benzene rings is 2. The van der Waals surface area contributed by atoms with Gasteiger partial charge in [-0.3, -0.25) is 0 Å². The molecule has 0 aliphatic carbocycles. The van der Waals surface area contributed by atoms with E-state index in [0.717, 1.165) is 0 Å². The average Bonchev–Trinajstić information content (AvgIpc) is 2.44. The highest BCUT2D eigenvalue weighted by atomic mass is 35.5. The topological polar surface area (TPSA) is 50.4 Å². The van der Waals surface area contributed by atoms with Crippen molar-refractivity contribution in [2.24, 2.45) is 0 Å². The zero-order valence-corrected chi connectivity index (χ0v) is 12.1. The molecule has 4 nitrogen and oxygen atoms in total. The first-order valence-corrected chi connectivity index (χ1v) is 6.52. The van der Waals surface area contributed by atoms with E-state index < -0.39 is 6.03 Å². The summed E-state index contributed by atoms with van der Waals surface area (Å²) in [6.07, 6.45) is 0. The van der Waals surface area contributed by atoms with E-state index in [1.165, 1.54) is 7.11 Å². The highest BCUT2D eigenvalue weighted by Gasteiger charge is 2.11. The summed E-state index contributed by atoms with van der Waals surface area (Å²) in [7, 11) is 1.53. The van der Waals surface area contributed by atoms with Crippen molar-refractivity contribution in [1.29, 1.82) is 0 Å². The second-order valence-electron chi connectivity index (χ2n) is 3.88. The lowest BCUT2D eigenvalue weighted by molar-refractivity contribution is 0.262. The highest BCUT2D eigenvalue weighted by Crippen LogP contribution is 2.30. The Hall–Kier alpha value is -1.91. The number of amides is 2. The van der Waals surface area contributed by atoms with Crippen molar-refractivity contribution in [2.75, 3.05) is 17.7 Å². The van der Waals surface area contributed by atoms with Crippen molar-refractivity contribution in [2.45, 2.75) is 0 Å². The molecule has 2 N–H and O–H groups in total. The lowest BCUT2D eigenvalue weighted by Gasteiger charge is -2.12. The van der Waals surface area contributed by atoms with Crippen molar-refractivity contribution in [3.8, 4) is 5.75 Å². The van der Waals surface area contributed by atoms with E-state index in [0.29, 0.717) is 27.2 Å². The Bertz CT molecular complexity index is 612. The van der Waals surface area contributed by atoms with Crippen LogP contribution in [0.5, 0.6) is 5.75 Å². The minimum Gasteiger partial charge on any atom is -0.495 e. The Labute approximate surface area is 126 Å². The molecule has 20 heavy (non-hydrogen) atoms. The minimum absolute atomic E-state index is 0.364. The van der Waals surface area contributed by atoms with Gasteiger partial charge in [-0.15, -0.1) is 0 Å². The Morgan fingerprint density at radius 2 is 1.65 bits per heavy atom. The number of carbonyl (C=O) groups is 1. The number of anilines is 2. The van der Waals surface area contributed by atoms with Crippen LogP contribution in [-0.2, 0) is 0 Å². The number of rotatable bonds is 3. The molecule has 6 heteroatoms. The van der Waals surface area contributed by atoms with Crippen LogP contribution in [-0.4, -0.2) is 13.1 Å². The van der Waals surface area contributed by atoms with E-state index in [9.17, 15) is 4.79 Å². The van der Waals surface area contributed by atoms with Crippen LogP contribution in [0.15, 0.2) is 42.5 Å². The fourth-order valence-electron chi connectivity index (χ4n) is 1.63. The standard InChI is InChI=1S/C14H12Cl2N2O2/c1-20-12-8-3-2-7-11(12)17-14(19)18-13-9(15)5-4-6-10(13)16/h2-8H,1H3,(H2,17,18,19). The summed E-state index contributed by atoms with van der Waals surface area (Å²) in [6.45, 7) is 0. The van der Waals surface area contributed by atoms with Gasteiger partial charge in [-0.2, -0.15) is 0 Å². The van der Waals surface area contributed by atoms with E-state index in [1.807, 2.05) is 6.07 Å². The van der Waals surface area contributed by atoms with Gasteiger partial charge in [0.05, 0.1) is 28.5 Å². The smallest absolute Gasteiger partial charge is 0.323 e. The Balaban J connectivity index is 2.13. The number of hydrogen-bond acceptors (Lipinski definition) is 2. The molecule has 0 saturated carbocycles. The number of methoxy groups -OCH3 is 1. The monoisotopic (exact) mass is 310 g/mol. The lowest BCUT2D eigenvalue weighted by atomic mass is 10.3. The predicted molar refractivity (Wildman–Crippen MR) is 82.1 cm³/mol. The van der Waals surface area contributed by atoms with Gasteiger partial charge in [-0.25, -0.2) is 4.79 Å². The summed E-state index contributed by atoms with van der Waals surface area (Å²) in [5.74, 6) is 0.563. The first kappa shape index (κ1) is 14.5. The second kappa shape index (κ2) is 6.50. The number of urea groups is 1. The molecule has 0 aromatic heterocycles. The molecule has 2 amide bonds. The molecule has 0 radical (unpaired) electrons. The van der Waals surface area contributed by atoms with Crippen LogP contribution in [0.4, 0.5) is 16.2 Å². The molecule has 0 aliphatic heterocycles. The maximum atomic E-state index is 12.0. The molecule has 0 saturated heterocycles. The first-order chi connectivity index (χ1) is 9.61. The molecular formula is C14H12Cl2N2O2. The summed E-state index contributed by atoms with van der Waals surface area (Å²) in [6, 6.07) is 11.6. The molecule has 2 aromatic rings. The largest absolute Gasteiger partial charge is 0.495 e. The molecule has 0 aliphatic rings. The van der Waals surface area contributed by atoms with E-state index in [1.54, 1.807) is 36.4 Å². The molecule has 0 atom stereocenters. The normalized spacial score (nSPS) is 9.95. The third kappa shape index (κ3) is 3.35. The molecule has 0 bridgehead atoms. The van der Waals surface area contributed by atoms with E-state index in [-0.39, 0.29) is 0 Å². The van der Waals surface area contributed by atoms with Gasteiger partial charge in [0.25, 0.3) is 0 Å². The quantitative estimate of drug-likeness (QED) is 0.867. The van der Waals surface area contributed by atoms with Crippen LogP contribution < -0.4 is 15.4 Å². The van der Waals surface area contributed by atoms with Crippen LogP contribution in [0.1, 0.15) is 0 Å². The van der Waals surface area contributed by atoms with Crippen LogP contribution in [0, 0.1) is 0 Å². The molecular weight excluding hydrogens is 299 g/mol. The van der Waals surface area contributed by atoms with Crippen molar-refractivity contribution >= 4 is 40.6 Å². The fourth-order valence-corrected chi connectivity index (χ4v) is 2.12. The number of hydrogen-bond donors (Lipinski definition) is 2. The van der Waals surface area contributed by atoms with Crippen molar-refractivity contribution in [3.05, 3.63) is 52.5 Å². The highest BCUT2D eigenvalue weighted by molar-refractivity contribution is 6.39. The summed E-state index contributed by atoms with van der Waals surface area (Å²) >= 11 is 12.0. The average molecular weight is 311 g/mol. The Morgan fingerprint density at radius 3 is 2.30 bits per heavy atom. The third-order valence-electron chi connectivity index (χ3n) is 2.56. The SMILES string of the molecule is COc1ccccc1NC(=O)Nc1c(Cl)cccc1Cl. The van der Waals surface area contributed by atoms with Crippen LogP contribution in [0.2, 0.25) is 10.0 Å². The van der Waals surface area contributed by atoms with E-state index >= 15 is 0 Å². The Kier molecular flexibility index (Phi) is 4.71. The zero-order chi connectivity index (χ0) is 14.5. The summed E-state index contributed by atoms with van der Waals surface area (Å²) in [5, 5.41) is 6.02. The van der Waals surface area contributed by atoms with Crippen molar-refractivity contribution < 1.29 is 9.53 Å². The van der Waals surface area contributed by atoms with E-state index in [2.05, 4.69) is 10.6 Å². The van der Waals surface area contributed by atoms with Gasteiger partial charge >= 0.3 is 6.03 Å². The van der Waals surface area contributed by atoms with Crippen LogP contribution >= 0.6 is 23.2 Å². The number of para-hydroxylation sites is 3. The van der Waals surface area contributed by atoms with Gasteiger partial charge in [0.1, 0.15) is 5.75 Å². The van der Waals surface area contributed by atoms with Gasteiger partial charge < -0.3 is 15.4 Å². The molecule has 0 heterocycles. The molecule has 104 valence electrons. The van der Waals surface area contributed by atoms with E-state index in [4.69, 9.17) is 27.9 Å².